The number of nitrogens with one attached hydrogen (secondary N) is 1. The Hall–Kier alpha value is -0.870. The molecule has 1 aliphatic rings. The van der Waals surface area contributed by atoms with Crippen LogP contribution in [0.25, 0.3) is 0 Å². The summed E-state index contributed by atoms with van der Waals surface area (Å²) in [6, 6.07) is 0.863. The third-order valence-corrected chi connectivity index (χ3v) is 3.24. The molecule has 0 radical (unpaired) electrons. The fraction of sp³-hybridized carbons (Fsp3) is 0.750. The van der Waals surface area contributed by atoms with Crippen molar-refractivity contribution in [1.29, 1.82) is 0 Å². The van der Waals surface area contributed by atoms with Crippen LogP contribution in [0.4, 0.5) is 0 Å². The molecule has 0 atom stereocenters. The Morgan fingerprint density at radius 3 is 2.88 bits per heavy atom. The predicted molar refractivity (Wildman–Crippen MR) is 65.3 cm³/mol. The summed E-state index contributed by atoms with van der Waals surface area (Å²) in [5.41, 5.74) is 2.43. The molecule has 16 heavy (non-hydrogen) atoms. The van der Waals surface area contributed by atoms with Crippen molar-refractivity contribution in [1.82, 2.24) is 20.0 Å². The Bertz CT molecular complexity index is 341. The predicted octanol–water partition coefficient (Wildman–Crippen LogP) is 0.912. The van der Waals surface area contributed by atoms with Crippen LogP contribution in [0.15, 0.2) is 6.20 Å². The molecule has 1 N–H and O–H groups in total. The van der Waals surface area contributed by atoms with Crippen LogP contribution in [0.2, 0.25) is 0 Å². The lowest BCUT2D eigenvalue weighted by Crippen LogP contribution is -2.30. The molecule has 90 valence electrons. The second-order valence-corrected chi connectivity index (χ2v) is 4.80. The van der Waals surface area contributed by atoms with Crippen molar-refractivity contribution < 1.29 is 0 Å². The first kappa shape index (κ1) is 11.6. The molecule has 1 aromatic rings. The Kier molecular flexibility index (Phi) is 3.61. The summed E-state index contributed by atoms with van der Waals surface area (Å²) in [6.07, 6.45) is 4.86. The maximum atomic E-state index is 4.33. The van der Waals surface area contributed by atoms with Crippen LogP contribution in [-0.4, -0.2) is 40.9 Å². The van der Waals surface area contributed by atoms with Gasteiger partial charge in [-0.3, -0.25) is 4.68 Å². The van der Waals surface area contributed by atoms with Gasteiger partial charge < -0.3 is 10.2 Å². The van der Waals surface area contributed by atoms with E-state index in [2.05, 4.69) is 35.5 Å². The topological polar surface area (TPSA) is 33.1 Å². The molecule has 0 unspecified atom stereocenters. The van der Waals surface area contributed by atoms with Gasteiger partial charge in [-0.05, 0) is 26.8 Å². The minimum Gasteiger partial charge on any atom is -0.311 e. The van der Waals surface area contributed by atoms with Crippen LogP contribution in [0.1, 0.15) is 24.1 Å². The lowest BCUT2D eigenvalue weighted by Gasteiger charge is -2.15. The van der Waals surface area contributed by atoms with Crippen molar-refractivity contribution in [2.24, 2.45) is 7.05 Å². The van der Waals surface area contributed by atoms with Crippen molar-refractivity contribution in [3.8, 4) is 0 Å². The molecule has 1 aliphatic carbocycles. The molecular weight excluding hydrogens is 200 g/mol. The van der Waals surface area contributed by atoms with Gasteiger partial charge in [0.05, 0.1) is 5.69 Å². The van der Waals surface area contributed by atoms with Gasteiger partial charge in [0.15, 0.2) is 0 Å². The summed E-state index contributed by atoms with van der Waals surface area (Å²) in [5.74, 6) is 0. The Morgan fingerprint density at radius 2 is 2.31 bits per heavy atom. The molecule has 0 aromatic carbocycles. The molecule has 0 bridgehead atoms. The van der Waals surface area contributed by atoms with E-state index in [0.29, 0.717) is 0 Å². The highest BCUT2D eigenvalue weighted by atomic mass is 15.3. The van der Waals surface area contributed by atoms with Crippen LogP contribution in [0.5, 0.6) is 0 Å². The molecule has 1 saturated carbocycles. The third-order valence-electron chi connectivity index (χ3n) is 3.24. The molecule has 0 amide bonds. The molecular formula is C12H22N4. The van der Waals surface area contributed by atoms with Crippen LogP contribution >= 0.6 is 0 Å². The second-order valence-electron chi connectivity index (χ2n) is 4.80. The zero-order valence-electron chi connectivity index (χ0n) is 10.5. The summed E-state index contributed by atoms with van der Waals surface area (Å²) < 4.78 is 1.88. The van der Waals surface area contributed by atoms with Crippen LogP contribution in [0.3, 0.4) is 0 Å². The highest BCUT2D eigenvalue weighted by Gasteiger charge is 2.25. The van der Waals surface area contributed by atoms with Gasteiger partial charge >= 0.3 is 0 Å². The van der Waals surface area contributed by atoms with Gasteiger partial charge in [0.1, 0.15) is 0 Å². The standard InChI is InChI=1S/C12H22N4/c1-10-11(9-16(3)14-10)8-13-6-7-15(2)12-4-5-12/h9,12-13H,4-8H2,1-3H3. The number of nitrogens with zero attached hydrogens (tertiary/aromatic N) is 3. The number of hydrogen-bond donors (Lipinski definition) is 1. The molecule has 0 saturated heterocycles. The quantitative estimate of drug-likeness (QED) is 0.726. The maximum absolute atomic E-state index is 4.33. The van der Waals surface area contributed by atoms with E-state index in [9.17, 15) is 0 Å². The van der Waals surface area contributed by atoms with E-state index in [1.54, 1.807) is 0 Å². The summed E-state index contributed by atoms with van der Waals surface area (Å²) >= 11 is 0. The van der Waals surface area contributed by atoms with Gasteiger partial charge in [0.25, 0.3) is 0 Å². The zero-order chi connectivity index (χ0) is 11.5. The summed E-state index contributed by atoms with van der Waals surface area (Å²) in [5, 5.41) is 7.80. The average Bonchev–Trinajstić information content (AvgIpc) is 3.01. The number of aromatic nitrogens is 2. The average molecular weight is 222 g/mol. The first-order valence-electron chi connectivity index (χ1n) is 6.07. The molecule has 0 spiro atoms. The Labute approximate surface area is 97.6 Å². The van der Waals surface area contributed by atoms with Gasteiger partial charge in [0, 0.05) is 44.5 Å². The van der Waals surface area contributed by atoms with E-state index in [4.69, 9.17) is 0 Å². The van der Waals surface area contributed by atoms with Crippen molar-refractivity contribution in [2.75, 3.05) is 20.1 Å². The van der Waals surface area contributed by atoms with E-state index in [1.807, 2.05) is 11.7 Å². The smallest absolute Gasteiger partial charge is 0.0638 e. The van der Waals surface area contributed by atoms with Gasteiger partial charge in [-0.25, -0.2) is 0 Å². The van der Waals surface area contributed by atoms with E-state index in [0.717, 1.165) is 31.4 Å². The van der Waals surface area contributed by atoms with E-state index < -0.39 is 0 Å². The molecule has 4 heteroatoms. The van der Waals surface area contributed by atoms with Crippen LogP contribution in [0, 0.1) is 6.92 Å². The van der Waals surface area contributed by atoms with Crippen molar-refractivity contribution in [3.05, 3.63) is 17.5 Å². The number of rotatable bonds is 6. The molecule has 4 nitrogen and oxygen atoms in total. The zero-order valence-corrected chi connectivity index (χ0v) is 10.5. The summed E-state index contributed by atoms with van der Waals surface area (Å²) in [7, 11) is 4.19. The number of likely N-dealkylation sites (N-methyl/N-ethyl adjacent to an activating group) is 1. The second kappa shape index (κ2) is 4.97. The third kappa shape index (κ3) is 3.06. The lowest BCUT2D eigenvalue weighted by atomic mass is 10.2. The highest BCUT2D eigenvalue weighted by molar-refractivity contribution is 5.14. The fourth-order valence-electron chi connectivity index (χ4n) is 2.00. The highest BCUT2D eigenvalue weighted by Crippen LogP contribution is 2.24. The van der Waals surface area contributed by atoms with E-state index in [1.165, 1.54) is 18.4 Å². The number of aryl methyl sites for hydroxylation is 2. The summed E-state index contributed by atoms with van der Waals surface area (Å²) in [4.78, 5) is 2.45. The van der Waals surface area contributed by atoms with Gasteiger partial charge in [-0.1, -0.05) is 0 Å². The van der Waals surface area contributed by atoms with Crippen molar-refractivity contribution >= 4 is 0 Å². The minimum absolute atomic E-state index is 0.863. The monoisotopic (exact) mass is 222 g/mol. The molecule has 0 aliphatic heterocycles. The fourth-order valence-corrected chi connectivity index (χ4v) is 2.00. The van der Waals surface area contributed by atoms with Crippen molar-refractivity contribution in [2.45, 2.75) is 32.4 Å². The SMILES string of the molecule is Cc1nn(C)cc1CNCCN(C)C1CC1. The minimum atomic E-state index is 0.863. The normalized spacial score (nSPS) is 16.0. The molecule has 2 rings (SSSR count). The maximum Gasteiger partial charge on any atom is 0.0638 e. The van der Waals surface area contributed by atoms with Crippen LogP contribution < -0.4 is 5.32 Å². The number of hydrogen-bond acceptors (Lipinski definition) is 3. The molecule has 1 heterocycles. The van der Waals surface area contributed by atoms with Crippen molar-refractivity contribution in [3.63, 3.8) is 0 Å². The molecule has 1 fully saturated rings. The van der Waals surface area contributed by atoms with Gasteiger partial charge in [0.2, 0.25) is 0 Å². The van der Waals surface area contributed by atoms with Gasteiger partial charge in [-0.15, -0.1) is 0 Å². The summed E-state index contributed by atoms with van der Waals surface area (Å²) in [6.45, 7) is 5.19. The van der Waals surface area contributed by atoms with Crippen LogP contribution in [-0.2, 0) is 13.6 Å². The Morgan fingerprint density at radius 1 is 1.56 bits per heavy atom. The lowest BCUT2D eigenvalue weighted by molar-refractivity contribution is 0.321. The first-order valence-corrected chi connectivity index (χ1v) is 6.07. The molecule has 1 aromatic heterocycles. The Balaban J connectivity index is 1.65. The van der Waals surface area contributed by atoms with Gasteiger partial charge in [-0.2, -0.15) is 5.10 Å². The van der Waals surface area contributed by atoms with E-state index in [-0.39, 0.29) is 0 Å². The first-order chi connectivity index (χ1) is 7.66. The largest absolute Gasteiger partial charge is 0.311 e. The van der Waals surface area contributed by atoms with E-state index >= 15 is 0 Å².